The summed E-state index contributed by atoms with van der Waals surface area (Å²) in [5.41, 5.74) is 0.0231. The zero-order valence-corrected chi connectivity index (χ0v) is 15.2. The first-order chi connectivity index (χ1) is 13.3. The lowest BCUT2D eigenvalue weighted by molar-refractivity contribution is 0.0696. The standard InChI is InChI=1S/C18H19F2N3O5/c1-10(2)27-15-5-12(6-16(23-15)28-13(7-19)8-20)17(24)22-14-4-3-11(9-21-14)18(25)26/h3-6,9-10,13H,7-8H2,1-2H3,(H,25,26)(H,21,22,24). The molecular formula is C18H19F2N3O5. The van der Waals surface area contributed by atoms with Crippen LogP contribution < -0.4 is 14.8 Å². The number of carboxylic acids is 1. The number of nitrogens with one attached hydrogen (secondary N) is 1. The third-order valence-electron chi connectivity index (χ3n) is 3.28. The van der Waals surface area contributed by atoms with Gasteiger partial charge in [0.2, 0.25) is 11.8 Å². The second-order valence-corrected chi connectivity index (χ2v) is 5.94. The number of halogens is 2. The molecule has 0 unspecified atom stereocenters. The first-order valence-corrected chi connectivity index (χ1v) is 8.30. The van der Waals surface area contributed by atoms with Gasteiger partial charge < -0.3 is 19.9 Å². The number of nitrogens with zero attached hydrogens (tertiary/aromatic N) is 2. The van der Waals surface area contributed by atoms with Gasteiger partial charge in [-0.1, -0.05) is 0 Å². The SMILES string of the molecule is CC(C)Oc1cc(C(=O)Nc2ccc(C(=O)O)cn2)cc(OC(CF)CF)n1. The lowest BCUT2D eigenvalue weighted by Crippen LogP contribution is -2.22. The molecule has 2 aromatic rings. The van der Waals surface area contributed by atoms with Crippen molar-refractivity contribution in [1.82, 2.24) is 9.97 Å². The van der Waals surface area contributed by atoms with Gasteiger partial charge in [0.25, 0.3) is 5.91 Å². The molecule has 0 aliphatic carbocycles. The minimum absolute atomic E-state index is 0.0336. The van der Waals surface area contributed by atoms with Crippen molar-refractivity contribution in [2.24, 2.45) is 0 Å². The van der Waals surface area contributed by atoms with Gasteiger partial charge in [0.05, 0.1) is 17.2 Å². The summed E-state index contributed by atoms with van der Waals surface area (Å²) in [6.45, 7) is 1.37. The molecule has 0 aliphatic rings. The smallest absolute Gasteiger partial charge is 0.337 e. The van der Waals surface area contributed by atoms with E-state index in [1.165, 1.54) is 24.3 Å². The fraction of sp³-hybridized carbons (Fsp3) is 0.333. The number of ether oxygens (including phenoxy) is 2. The van der Waals surface area contributed by atoms with Crippen LogP contribution in [0.15, 0.2) is 30.5 Å². The predicted octanol–water partition coefficient (Wildman–Crippen LogP) is 2.90. The number of hydrogen-bond donors (Lipinski definition) is 2. The third kappa shape index (κ3) is 5.86. The van der Waals surface area contributed by atoms with Gasteiger partial charge in [-0.25, -0.2) is 18.6 Å². The van der Waals surface area contributed by atoms with E-state index in [4.69, 9.17) is 14.6 Å². The van der Waals surface area contributed by atoms with E-state index in [2.05, 4.69) is 15.3 Å². The number of rotatable bonds is 9. The molecule has 8 nitrogen and oxygen atoms in total. The minimum Gasteiger partial charge on any atom is -0.478 e. The second-order valence-electron chi connectivity index (χ2n) is 5.94. The van der Waals surface area contributed by atoms with Crippen LogP contribution in [-0.2, 0) is 0 Å². The van der Waals surface area contributed by atoms with Crippen LogP contribution in [0.25, 0.3) is 0 Å². The highest BCUT2D eigenvalue weighted by Gasteiger charge is 2.17. The molecule has 2 heterocycles. The number of carbonyl (C=O) groups excluding carboxylic acids is 1. The highest BCUT2D eigenvalue weighted by Crippen LogP contribution is 2.21. The average Bonchev–Trinajstić information content (AvgIpc) is 2.65. The van der Waals surface area contributed by atoms with Gasteiger partial charge in [-0.2, -0.15) is 4.98 Å². The number of aromatic carboxylic acids is 1. The molecule has 0 atom stereocenters. The van der Waals surface area contributed by atoms with Crippen molar-refractivity contribution in [3.05, 3.63) is 41.6 Å². The van der Waals surface area contributed by atoms with Crippen molar-refractivity contribution in [3.63, 3.8) is 0 Å². The summed E-state index contributed by atoms with van der Waals surface area (Å²) in [6, 6.07) is 5.17. The topological polar surface area (TPSA) is 111 Å². The molecule has 10 heteroatoms. The summed E-state index contributed by atoms with van der Waals surface area (Å²) in [5, 5.41) is 11.3. The zero-order chi connectivity index (χ0) is 20.7. The summed E-state index contributed by atoms with van der Waals surface area (Å²) in [7, 11) is 0. The van der Waals surface area contributed by atoms with E-state index in [0.29, 0.717) is 0 Å². The van der Waals surface area contributed by atoms with E-state index < -0.39 is 31.3 Å². The molecule has 0 radical (unpaired) electrons. The second kappa shape index (κ2) is 9.58. The Balaban J connectivity index is 2.25. The molecule has 1 amide bonds. The van der Waals surface area contributed by atoms with Crippen LogP contribution in [-0.4, -0.2) is 52.5 Å². The van der Waals surface area contributed by atoms with Crippen molar-refractivity contribution in [2.45, 2.75) is 26.1 Å². The Morgan fingerprint density at radius 3 is 2.25 bits per heavy atom. The molecule has 2 rings (SSSR count). The van der Waals surface area contributed by atoms with Crippen molar-refractivity contribution < 1.29 is 33.0 Å². The van der Waals surface area contributed by atoms with Crippen LogP contribution in [0.4, 0.5) is 14.6 Å². The Hall–Kier alpha value is -3.30. The number of anilines is 1. The predicted molar refractivity (Wildman–Crippen MR) is 95.5 cm³/mol. The lowest BCUT2D eigenvalue weighted by Gasteiger charge is -2.15. The summed E-state index contributed by atoms with van der Waals surface area (Å²) >= 11 is 0. The van der Waals surface area contributed by atoms with Gasteiger partial charge >= 0.3 is 5.97 Å². The van der Waals surface area contributed by atoms with Gasteiger partial charge in [0.15, 0.2) is 6.10 Å². The van der Waals surface area contributed by atoms with E-state index in [9.17, 15) is 18.4 Å². The van der Waals surface area contributed by atoms with Gasteiger partial charge in [0, 0.05) is 18.3 Å². The van der Waals surface area contributed by atoms with E-state index in [1.807, 2.05) is 0 Å². The molecule has 0 spiro atoms. The Morgan fingerprint density at radius 2 is 1.75 bits per heavy atom. The van der Waals surface area contributed by atoms with Crippen LogP contribution in [0.3, 0.4) is 0 Å². The van der Waals surface area contributed by atoms with Crippen LogP contribution in [0, 0.1) is 0 Å². The maximum absolute atomic E-state index is 12.7. The molecule has 28 heavy (non-hydrogen) atoms. The number of carbonyl (C=O) groups is 2. The Labute approximate surface area is 159 Å². The normalized spacial score (nSPS) is 10.8. The maximum Gasteiger partial charge on any atom is 0.337 e. The van der Waals surface area contributed by atoms with Crippen LogP contribution in [0.1, 0.15) is 34.6 Å². The fourth-order valence-electron chi connectivity index (χ4n) is 2.03. The Morgan fingerprint density at radius 1 is 1.11 bits per heavy atom. The van der Waals surface area contributed by atoms with Gasteiger partial charge in [0.1, 0.15) is 19.2 Å². The molecule has 0 saturated heterocycles. The Bertz CT molecular complexity index is 826. The monoisotopic (exact) mass is 395 g/mol. The molecule has 150 valence electrons. The van der Waals surface area contributed by atoms with Crippen LogP contribution >= 0.6 is 0 Å². The van der Waals surface area contributed by atoms with Gasteiger partial charge in [-0.15, -0.1) is 0 Å². The van der Waals surface area contributed by atoms with Crippen LogP contribution in [0.5, 0.6) is 11.8 Å². The van der Waals surface area contributed by atoms with Gasteiger partial charge in [-0.05, 0) is 26.0 Å². The Kier molecular flexibility index (Phi) is 7.19. The summed E-state index contributed by atoms with van der Waals surface area (Å²) in [4.78, 5) is 31.2. The molecule has 0 aliphatic heterocycles. The van der Waals surface area contributed by atoms with E-state index in [-0.39, 0.29) is 34.8 Å². The number of amides is 1. The summed E-state index contributed by atoms with van der Waals surface area (Å²) < 4.78 is 36.0. The zero-order valence-electron chi connectivity index (χ0n) is 15.2. The third-order valence-corrected chi connectivity index (χ3v) is 3.28. The first-order valence-electron chi connectivity index (χ1n) is 8.30. The average molecular weight is 395 g/mol. The molecule has 0 fully saturated rings. The summed E-state index contributed by atoms with van der Waals surface area (Å²) in [6.07, 6.45) is -0.510. The quantitative estimate of drug-likeness (QED) is 0.672. The molecule has 2 N–H and O–H groups in total. The number of aromatic nitrogens is 2. The number of pyridine rings is 2. The van der Waals surface area contributed by atoms with E-state index in [1.54, 1.807) is 13.8 Å². The minimum atomic E-state index is -1.34. The first kappa shape index (κ1) is 21.0. The molecular weight excluding hydrogens is 376 g/mol. The molecule has 0 saturated carbocycles. The number of carboxylic acid groups (broad SMARTS) is 1. The molecule has 2 aromatic heterocycles. The molecule has 0 aromatic carbocycles. The lowest BCUT2D eigenvalue weighted by atomic mass is 10.2. The van der Waals surface area contributed by atoms with Crippen molar-refractivity contribution in [3.8, 4) is 11.8 Å². The highest BCUT2D eigenvalue weighted by molar-refractivity contribution is 6.04. The summed E-state index contributed by atoms with van der Waals surface area (Å²) in [5.74, 6) is -1.77. The number of alkyl halides is 2. The number of hydrogen-bond acceptors (Lipinski definition) is 6. The fourth-order valence-corrected chi connectivity index (χ4v) is 2.03. The van der Waals surface area contributed by atoms with Crippen molar-refractivity contribution in [2.75, 3.05) is 18.7 Å². The maximum atomic E-state index is 12.7. The van der Waals surface area contributed by atoms with E-state index in [0.717, 1.165) is 6.20 Å². The molecule has 0 bridgehead atoms. The van der Waals surface area contributed by atoms with Gasteiger partial charge in [-0.3, -0.25) is 4.79 Å². The largest absolute Gasteiger partial charge is 0.478 e. The van der Waals surface area contributed by atoms with Crippen molar-refractivity contribution in [1.29, 1.82) is 0 Å². The highest BCUT2D eigenvalue weighted by atomic mass is 19.1. The van der Waals surface area contributed by atoms with Crippen LogP contribution in [0.2, 0.25) is 0 Å². The van der Waals surface area contributed by atoms with E-state index >= 15 is 0 Å². The van der Waals surface area contributed by atoms with Crippen molar-refractivity contribution >= 4 is 17.7 Å².